The maximum absolute atomic E-state index is 12.4. The van der Waals surface area contributed by atoms with Crippen LogP contribution in [0.4, 0.5) is 0 Å². The molecule has 1 aliphatic heterocycles. The molecule has 8 nitrogen and oxygen atoms in total. The average molecular weight is 295 g/mol. The lowest BCUT2D eigenvalue weighted by Crippen LogP contribution is -2.41. The van der Waals surface area contributed by atoms with Gasteiger partial charge in [0.2, 0.25) is 0 Å². The van der Waals surface area contributed by atoms with E-state index in [9.17, 15) is 14.4 Å². The molecular formula is C13H17N3O5. The van der Waals surface area contributed by atoms with Crippen LogP contribution in [0.5, 0.6) is 0 Å². The SMILES string of the molecule is COC(=O)C1CCCN1C(=O)c1cnn(CCC(=O)O)c1. The zero-order valence-electron chi connectivity index (χ0n) is 11.7. The average Bonchev–Trinajstić information content (AvgIpc) is 3.12. The van der Waals surface area contributed by atoms with Crippen molar-refractivity contribution in [3.8, 4) is 0 Å². The van der Waals surface area contributed by atoms with E-state index in [2.05, 4.69) is 5.10 Å². The molecule has 0 aliphatic carbocycles. The van der Waals surface area contributed by atoms with Gasteiger partial charge in [-0.15, -0.1) is 0 Å². The Hall–Kier alpha value is -2.38. The number of carboxylic acid groups (broad SMARTS) is 1. The van der Waals surface area contributed by atoms with E-state index in [4.69, 9.17) is 9.84 Å². The van der Waals surface area contributed by atoms with Crippen molar-refractivity contribution >= 4 is 17.8 Å². The van der Waals surface area contributed by atoms with E-state index >= 15 is 0 Å². The van der Waals surface area contributed by atoms with Crippen LogP contribution in [0.2, 0.25) is 0 Å². The van der Waals surface area contributed by atoms with Crippen molar-refractivity contribution in [3.05, 3.63) is 18.0 Å². The molecule has 1 atom stereocenters. The molecule has 1 aromatic heterocycles. The highest BCUT2D eigenvalue weighted by Gasteiger charge is 2.35. The first-order valence-electron chi connectivity index (χ1n) is 6.66. The summed E-state index contributed by atoms with van der Waals surface area (Å²) >= 11 is 0. The molecule has 114 valence electrons. The van der Waals surface area contributed by atoms with Gasteiger partial charge in [0.1, 0.15) is 6.04 Å². The lowest BCUT2D eigenvalue weighted by atomic mass is 10.2. The summed E-state index contributed by atoms with van der Waals surface area (Å²) in [5.41, 5.74) is 0.344. The summed E-state index contributed by atoms with van der Waals surface area (Å²) < 4.78 is 6.11. The summed E-state index contributed by atoms with van der Waals surface area (Å²) in [4.78, 5) is 36.0. The van der Waals surface area contributed by atoms with Crippen LogP contribution in [0.15, 0.2) is 12.4 Å². The van der Waals surface area contributed by atoms with Crippen LogP contribution in [0.3, 0.4) is 0 Å². The van der Waals surface area contributed by atoms with Crippen molar-refractivity contribution in [1.29, 1.82) is 0 Å². The number of hydrogen-bond donors (Lipinski definition) is 1. The van der Waals surface area contributed by atoms with Crippen molar-refractivity contribution in [2.45, 2.75) is 31.8 Å². The van der Waals surface area contributed by atoms with Crippen LogP contribution in [-0.4, -0.2) is 57.3 Å². The van der Waals surface area contributed by atoms with Crippen LogP contribution in [0, 0.1) is 0 Å². The van der Waals surface area contributed by atoms with Crippen molar-refractivity contribution in [2.75, 3.05) is 13.7 Å². The highest BCUT2D eigenvalue weighted by molar-refractivity contribution is 5.96. The molecule has 0 bridgehead atoms. The van der Waals surface area contributed by atoms with E-state index in [0.29, 0.717) is 18.5 Å². The Bertz CT molecular complexity index is 554. The fourth-order valence-electron chi connectivity index (χ4n) is 2.36. The van der Waals surface area contributed by atoms with Gasteiger partial charge in [0.25, 0.3) is 5.91 Å². The van der Waals surface area contributed by atoms with Gasteiger partial charge in [0.15, 0.2) is 0 Å². The molecule has 0 saturated carbocycles. The molecule has 1 saturated heterocycles. The third kappa shape index (κ3) is 3.39. The number of aliphatic carboxylic acids is 1. The molecule has 1 amide bonds. The number of aromatic nitrogens is 2. The number of carbonyl (C=O) groups is 3. The summed E-state index contributed by atoms with van der Waals surface area (Å²) in [6.07, 6.45) is 4.16. The molecule has 1 aliphatic rings. The first-order chi connectivity index (χ1) is 10.0. The summed E-state index contributed by atoms with van der Waals surface area (Å²) in [7, 11) is 1.30. The molecular weight excluding hydrogens is 278 g/mol. The second-order valence-corrected chi connectivity index (χ2v) is 4.82. The lowest BCUT2D eigenvalue weighted by molar-refractivity contribution is -0.145. The number of nitrogens with zero attached hydrogens (tertiary/aromatic N) is 3. The predicted octanol–water partition coefficient (Wildman–Crippen LogP) is 0.135. The van der Waals surface area contributed by atoms with Gasteiger partial charge in [-0.2, -0.15) is 5.10 Å². The first-order valence-corrected chi connectivity index (χ1v) is 6.66. The van der Waals surface area contributed by atoms with Gasteiger partial charge in [-0.25, -0.2) is 4.79 Å². The van der Waals surface area contributed by atoms with Crippen molar-refractivity contribution in [2.24, 2.45) is 0 Å². The van der Waals surface area contributed by atoms with Crippen molar-refractivity contribution in [3.63, 3.8) is 0 Å². The van der Waals surface area contributed by atoms with Gasteiger partial charge in [0.05, 0.1) is 31.8 Å². The zero-order chi connectivity index (χ0) is 15.4. The van der Waals surface area contributed by atoms with Crippen LogP contribution >= 0.6 is 0 Å². The smallest absolute Gasteiger partial charge is 0.328 e. The number of amides is 1. The van der Waals surface area contributed by atoms with E-state index in [0.717, 1.165) is 6.42 Å². The molecule has 8 heteroatoms. The molecule has 1 unspecified atom stereocenters. The van der Waals surface area contributed by atoms with E-state index in [-0.39, 0.29) is 18.9 Å². The van der Waals surface area contributed by atoms with Gasteiger partial charge >= 0.3 is 11.9 Å². The minimum Gasteiger partial charge on any atom is -0.481 e. The van der Waals surface area contributed by atoms with Gasteiger partial charge in [-0.3, -0.25) is 14.3 Å². The number of rotatable bonds is 5. The number of carboxylic acids is 1. The third-order valence-electron chi connectivity index (χ3n) is 3.42. The third-order valence-corrected chi connectivity index (χ3v) is 3.42. The van der Waals surface area contributed by atoms with Crippen molar-refractivity contribution in [1.82, 2.24) is 14.7 Å². The second-order valence-electron chi connectivity index (χ2n) is 4.82. The Labute approximate surface area is 121 Å². The Morgan fingerprint density at radius 2 is 2.24 bits per heavy atom. The maximum atomic E-state index is 12.4. The maximum Gasteiger partial charge on any atom is 0.328 e. The van der Waals surface area contributed by atoms with Crippen LogP contribution in [-0.2, 0) is 20.9 Å². The molecule has 2 rings (SSSR count). The normalized spacial score (nSPS) is 17.8. The molecule has 1 aromatic rings. The van der Waals surface area contributed by atoms with E-state index in [1.54, 1.807) is 0 Å². The number of likely N-dealkylation sites (tertiary alicyclic amines) is 1. The minimum absolute atomic E-state index is 0.0657. The quantitative estimate of drug-likeness (QED) is 0.775. The zero-order valence-corrected chi connectivity index (χ0v) is 11.7. The molecule has 2 heterocycles. The number of hydrogen-bond acceptors (Lipinski definition) is 5. The Kier molecular flexibility index (Phi) is 4.56. The first kappa shape index (κ1) is 15.0. The highest BCUT2D eigenvalue weighted by atomic mass is 16.5. The standard InChI is InChI=1S/C13H17N3O5/c1-21-13(20)10-3-2-5-16(10)12(19)9-7-14-15(8-9)6-4-11(17)18/h7-8,10H,2-6H2,1H3,(H,17,18). The molecule has 0 aromatic carbocycles. The number of carbonyl (C=O) groups excluding carboxylic acids is 2. The largest absolute Gasteiger partial charge is 0.481 e. The van der Waals surface area contributed by atoms with Gasteiger partial charge in [-0.1, -0.05) is 0 Å². The molecule has 21 heavy (non-hydrogen) atoms. The molecule has 1 fully saturated rings. The van der Waals surface area contributed by atoms with Crippen LogP contribution in [0.25, 0.3) is 0 Å². The number of aryl methyl sites for hydroxylation is 1. The number of ether oxygens (including phenoxy) is 1. The summed E-state index contributed by atoms with van der Waals surface area (Å²) in [6.45, 7) is 0.696. The Morgan fingerprint density at radius 1 is 1.48 bits per heavy atom. The van der Waals surface area contributed by atoms with Crippen LogP contribution in [0.1, 0.15) is 29.6 Å². The fourth-order valence-corrected chi connectivity index (χ4v) is 2.36. The topological polar surface area (TPSA) is 102 Å². The van der Waals surface area contributed by atoms with E-state index in [1.807, 2.05) is 0 Å². The number of esters is 1. The Balaban J connectivity index is 2.05. The highest BCUT2D eigenvalue weighted by Crippen LogP contribution is 2.21. The number of methoxy groups -OCH3 is 1. The van der Waals surface area contributed by atoms with Gasteiger partial charge in [0, 0.05) is 12.7 Å². The lowest BCUT2D eigenvalue weighted by Gasteiger charge is -2.21. The summed E-state index contributed by atoms with van der Waals surface area (Å²) in [6, 6.07) is -0.551. The van der Waals surface area contributed by atoms with Crippen LogP contribution < -0.4 is 0 Å². The van der Waals surface area contributed by atoms with Gasteiger partial charge in [-0.05, 0) is 12.8 Å². The molecule has 1 N–H and O–H groups in total. The second kappa shape index (κ2) is 6.38. The van der Waals surface area contributed by atoms with Crippen molar-refractivity contribution < 1.29 is 24.2 Å². The minimum atomic E-state index is -0.927. The predicted molar refractivity (Wildman–Crippen MR) is 70.6 cm³/mol. The van der Waals surface area contributed by atoms with E-state index in [1.165, 1.54) is 29.1 Å². The van der Waals surface area contributed by atoms with E-state index < -0.39 is 18.0 Å². The summed E-state index contributed by atoms with van der Waals surface area (Å²) in [5, 5.41) is 12.6. The van der Waals surface area contributed by atoms with Gasteiger partial charge < -0.3 is 14.7 Å². The summed E-state index contributed by atoms with van der Waals surface area (Å²) in [5.74, 6) is -1.63. The molecule has 0 spiro atoms. The Morgan fingerprint density at radius 3 is 2.90 bits per heavy atom. The monoisotopic (exact) mass is 295 g/mol. The molecule has 0 radical (unpaired) electrons. The fraction of sp³-hybridized carbons (Fsp3) is 0.538.